The number of amides is 1. The molecule has 3 rings (SSSR count). The van der Waals surface area contributed by atoms with Crippen LogP contribution in [0.4, 0.5) is 5.69 Å². The Balaban J connectivity index is 1.86. The van der Waals surface area contributed by atoms with Gasteiger partial charge in [-0.2, -0.15) is 5.26 Å². The van der Waals surface area contributed by atoms with Crippen molar-refractivity contribution >= 4 is 38.7 Å². The molecule has 0 aliphatic rings. The van der Waals surface area contributed by atoms with Gasteiger partial charge in [0.2, 0.25) is 5.91 Å². The first-order chi connectivity index (χ1) is 13.7. The maximum Gasteiger partial charge on any atom is 0.216 e. The second kappa shape index (κ2) is 9.53. The van der Waals surface area contributed by atoms with Crippen molar-refractivity contribution in [3.05, 3.63) is 65.3 Å². The fraction of sp³-hybridized carbons (Fsp3) is 0.190. The summed E-state index contributed by atoms with van der Waals surface area (Å²) in [6.45, 7) is 2.04. The number of aromatic nitrogens is 1. The predicted octanol–water partition coefficient (Wildman–Crippen LogP) is 4.06. The van der Waals surface area contributed by atoms with Gasteiger partial charge in [-0.15, -0.1) is 11.3 Å². The van der Waals surface area contributed by atoms with E-state index in [2.05, 4.69) is 27.2 Å². The normalized spacial score (nSPS) is 11.4. The highest BCUT2D eigenvalue weighted by Crippen LogP contribution is 2.29. The number of nitrogens with one attached hydrogen (secondary N) is 3. The first-order valence-corrected chi connectivity index (χ1v) is 9.79. The van der Waals surface area contributed by atoms with Crippen LogP contribution in [0.3, 0.4) is 0 Å². The first-order valence-electron chi connectivity index (χ1n) is 8.98. The van der Waals surface area contributed by atoms with E-state index in [4.69, 9.17) is 0 Å². The second-order valence-electron chi connectivity index (χ2n) is 6.15. The molecule has 7 heteroatoms. The van der Waals surface area contributed by atoms with Crippen molar-refractivity contribution in [2.75, 3.05) is 12.0 Å². The Labute approximate surface area is 167 Å². The van der Waals surface area contributed by atoms with Crippen LogP contribution in [0.25, 0.3) is 15.8 Å². The van der Waals surface area contributed by atoms with E-state index in [-0.39, 0.29) is 5.91 Å². The number of anilines is 1. The Kier molecular flexibility index (Phi) is 6.60. The van der Waals surface area contributed by atoms with Crippen LogP contribution in [0.1, 0.15) is 24.8 Å². The lowest BCUT2D eigenvalue weighted by Crippen LogP contribution is -2.25. The fourth-order valence-electron chi connectivity index (χ4n) is 2.67. The number of para-hydroxylation sites is 2. The Morgan fingerprint density at radius 3 is 2.61 bits per heavy atom. The molecule has 0 radical (unpaired) electrons. The minimum Gasteiger partial charge on any atom is -0.356 e. The van der Waals surface area contributed by atoms with E-state index in [0.29, 0.717) is 30.0 Å². The van der Waals surface area contributed by atoms with Gasteiger partial charge in [0.25, 0.3) is 0 Å². The average molecular weight is 392 g/mol. The molecule has 1 amide bonds. The number of nitrogens with zero attached hydrogens (tertiary/aromatic N) is 2. The van der Waals surface area contributed by atoms with E-state index in [9.17, 15) is 10.1 Å². The molecule has 28 heavy (non-hydrogen) atoms. The zero-order valence-corrected chi connectivity index (χ0v) is 16.3. The summed E-state index contributed by atoms with van der Waals surface area (Å²) >= 11 is 1.50. The minimum absolute atomic E-state index is 0.0624. The lowest BCUT2D eigenvalue weighted by atomic mass is 10.1. The van der Waals surface area contributed by atoms with Crippen LogP contribution in [0.5, 0.6) is 0 Å². The molecule has 1 heterocycles. The van der Waals surface area contributed by atoms with Gasteiger partial charge in [0, 0.05) is 13.5 Å². The number of carbonyl (C=O) groups is 1. The van der Waals surface area contributed by atoms with Gasteiger partial charge in [-0.05, 0) is 37.1 Å². The van der Waals surface area contributed by atoms with Crippen LogP contribution in [0, 0.1) is 11.3 Å². The highest BCUT2D eigenvalue weighted by molar-refractivity contribution is 7.19. The molecule has 2 aromatic carbocycles. The van der Waals surface area contributed by atoms with Gasteiger partial charge in [-0.25, -0.2) is 4.98 Å². The Morgan fingerprint density at radius 2 is 1.89 bits per heavy atom. The van der Waals surface area contributed by atoms with Gasteiger partial charge < -0.3 is 16.2 Å². The molecule has 0 saturated carbocycles. The molecule has 0 atom stereocenters. The van der Waals surface area contributed by atoms with Crippen LogP contribution < -0.4 is 16.2 Å². The first kappa shape index (κ1) is 19.4. The zero-order chi connectivity index (χ0) is 19.8. The number of hydrazine groups is 1. The summed E-state index contributed by atoms with van der Waals surface area (Å²) in [5, 5.41) is 13.3. The van der Waals surface area contributed by atoms with Gasteiger partial charge in [-0.3, -0.25) is 4.79 Å². The van der Waals surface area contributed by atoms with Gasteiger partial charge >= 0.3 is 0 Å². The summed E-state index contributed by atoms with van der Waals surface area (Å²) < 4.78 is 1.04. The van der Waals surface area contributed by atoms with Crippen molar-refractivity contribution in [2.45, 2.75) is 19.8 Å². The molecule has 0 aliphatic heterocycles. The molecule has 0 spiro atoms. The molecule has 0 saturated heterocycles. The van der Waals surface area contributed by atoms with Gasteiger partial charge in [0.05, 0.1) is 21.6 Å². The summed E-state index contributed by atoms with van der Waals surface area (Å²) in [6, 6.07) is 19.8. The van der Waals surface area contributed by atoms with E-state index in [1.165, 1.54) is 18.3 Å². The third-order valence-electron chi connectivity index (χ3n) is 4.03. The van der Waals surface area contributed by atoms with Crippen molar-refractivity contribution in [1.29, 1.82) is 5.26 Å². The summed E-state index contributed by atoms with van der Waals surface area (Å²) in [5.41, 5.74) is 9.35. The SMILES string of the molecule is CC(=O)NCCC/C(NNc1ccccc1)=C(\C#N)c1nc2ccccc2s1. The van der Waals surface area contributed by atoms with Crippen molar-refractivity contribution in [3.8, 4) is 6.07 Å². The third kappa shape index (κ3) is 5.09. The van der Waals surface area contributed by atoms with E-state index in [0.717, 1.165) is 21.6 Å². The summed E-state index contributed by atoms with van der Waals surface area (Å²) in [5.74, 6) is -0.0624. The number of hydrogen-bond donors (Lipinski definition) is 3. The van der Waals surface area contributed by atoms with Crippen LogP contribution >= 0.6 is 11.3 Å². The standard InChI is InChI=1S/C21H21N5OS/c1-15(27)23-13-7-11-18(26-25-16-8-3-2-4-9-16)17(14-22)21-24-19-10-5-6-12-20(19)28-21/h2-6,8-10,12,25-26H,7,11,13H2,1H3,(H,23,27)/b18-17-. The quantitative estimate of drug-likeness (QED) is 0.306. The molecule has 1 aromatic heterocycles. The van der Waals surface area contributed by atoms with Gasteiger partial charge in [0.15, 0.2) is 0 Å². The minimum atomic E-state index is -0.0624. The zero-order valence-electron chi connectivity index (χ0n) is 15.5. The molecule has 142 valence electrons. The van der Waals surface area contributed by atoms with E-state index < -0.39 is 0 Å². The lowest BCUT2D eigenvalue weighted by molar-refractivity contribution is -0.118. The van der Waals surface area contributed by atoms with Crippen LogP contribution in [-0.2, 0) is 4.79 Å². The molecule has 0 aliphatic carbocycles. The maximum atomic E-state index is 11.1. The Morgan fingerprint density at radius 1 is 1.14 bits per heavy atom. The average Bonchev–Trinajstić information content (AvgIpc) is 3.13. The Hall–Kier alpha value is -3.37. The van der Waals surface area contributed by atoms with E-state index >= 15 is 0 Å². The van der Waals surface area contributed by atoms with Crippen LogP contribution in [-0.4, -0.2) is 17.4 Å². The lowest BCUT2D eigenvalue weighted by Gasteiger charge is -2.15. The van der Waals surface area contributed by atoms with Crippen molar-refractivity contribution in [2.24, 2.45) is 0 Å². The molecule has 6 nitrogen and oxygen atoms in total. The third-order valence-corrected chi connectivity index (χ3v) is 5.08. The monoisotopic (exact) mass is 391 g/mol. The van der Waals surface area contributed by atoms with E-state index in [1.54, 1.807) is 0 Å². The predicted molar refractivity (Wildman–Crippen MR) is 113 cm³/mol. The molecule has 0 unspecified atom stereocenters. The van der Waals surface area contributed by atoms with Crippen LogP contribution in [0.2, 0.25) is 0 Å². The smallest absolute Gasteiger partial charge is 0.216 e. The molecule has 3 N–H and O–H groups in total. The maximum absolute atomic E-state index is 11.1. The number of fused-ring (bicyclic) bond motifs is 1. The summed E-state index contributed by atoms with van der Waals surface area (Å²) in [7, 11) is 0. The summed E-state index contributed by atoms with van der Waals surface area (Å²) in [6.07, 6.45) is 1.30. The van der Waals surface area contributed by atoms with Crippen molar-refractivity contribution in [1.82, 2.24) is 15.7 Å². The molecule has 0 bridgehead atoms. The number of rotatable bonds is 8. The number of thiazole rings is 1. The number of benzene rings is 2. The summed E-state index contributed by atoms with van der Waals surface area (Å²) in [4.78, 5) is 15.7. The van der Waals surface area contributed by atoms with E-state index in [1.807, 2.05) is 54.6 Å². The number of allylic oxidation sites excluding steroid dienone is 2. The number of hydrogen-bond acceptors (Lipinski definition) is 6. The largest absolute Gasteiger partial charge is 0.356 e. The van der Waals surface area contributed by atoms with Gasteiger partial charge in [-0.1, -0.05) is 30.3 Å². The Bertz CT molecular complexity index is 987. The van der Waals surface area contributed by atoms with Crippen LogP contribution in [0.15, 0.2) is 60.3 Å². The van der Waals surface area contributed by atoms with Gasteiger partial charge in [0.1, 0.15) is 16.6 Å². The number of carbonyl (C=O) groups excluding carboxylic acids is 1. The molecule has 3 aromatic rings. The van der Waals surface area contributed by atoms with Crippen molar-refractivity contribution in [3.63, 3.8) is 0 Å². The molecular weight excluding hydrogens is 370 g/mol. The topological polar surface area (TPSA) is 89.8 Å². The van der Waals surface area contributed by atoms with Crippen molar-refractivity contribution < 1.29 is 4.79 Å². The number of nitriles is 1. The fourth-order valence-corrected chi connectivity index (χ4v) is 3.66. The second-order valence-corrected chi connectivity index (χ2v) is 7.19. The molecular formula is C21H21N5OS. The molecule has 0 fully saturated rings. The highest BCUT2D eigenvalue weighted by Gasteiger charge is 2.14. The highest BCUT2D eigenvalue weighted by atomic mass is 32.1.